The van der Waals surface area contributed by atoms with Crippen LogP contribution in [0.1, 0.15) is 15.9 Å². The number of hydrogen-bond donors (Lipinski definition) is 3. The number of benzene rings is 1. The molecule has 13 nitrogen and oxygen atoms in total. The van der Waals surface area contributed by atoms with Crippen LogP contribution in [-0.4, -0.2) is 68.6 Å². The Balaban J connectivity index is 1.43. The molecule has 190 valence electrons. The first-order chi connectivity index (χ1) is 17.4. The van der Waals surface area contributed by atoms with Crippen LogP contribution in [0.2, 0.25) is 0 Å². The quantitative estimate of drug-likeness (QED) is 0.209. The van der Waals surface area contributed by atoms with Gasteiger partial charge in [-0.05, 0) is 17.7 Å². The first-order valence-electron chi connectivity index (χ1n) is 11.0. The van der Waals surface area contributed by atoms with E-state index in [1.165, 1.54) is 39.2 Å². The Morgan fingerprint density at radius 1 is 0.944 bits per heavy atom. The van der Waals surface area contributed by atoms with Crippen LogP contribution < -0.4 is 45.7 Å². The molecule has 0 atom stereocenters. The molecular formula is C23H26N6O7. The second-order valence-electron chi connectivity index (χ2n) is 7.96. The molecule has 3 aromatic rings. The van der Waals surface area contributed by atoms with Gasteiger partial charge < -0.3 is 29.3 Å². The van der Waals surface area contributed by atoms with Gasteiger partial charge in [-0.1, -0.05) is 0 Å². The van der Waals surface area contributed by atoms with E-state index < -0.39 is 16.8 Å². The lowest BCUT2D eigenvalue weighted by atomic mass is 10.1. The van der Waals surface area contributed by atoms with Crippen LogP contribution in [0.5, 0.6) is 17.2 Å². The maximum absolute atomic E-state index is 12.4. The Bertz CT molecular complexity index is 1290. The molecule has 1 aromatic heterocycles. The molecule has 0 bridgehead atoms. The van der Waals surface area contributed by atoms with Crippen molar-refractivity contribution in [1.29, 1.82) is 0 Å². The lowest BCUT2D eigenvalue weighted by molar-refractivity contribution is 0.0705. The second-order valence-corrected chi connectivity index (χ2v) is 7.96. The van der Waals surface area contributed by atoms with E-state index in [2.05, 4.69) is 15.3 Å². The molecule has 2 heterocycles. The van der Waals surface area contributed by atoms with Gasteiger partial charge in [0.1, 0.15) is 11.4 Å². The van der Waals surface area contributed by atoms with Crippen LogP contribution >= 0.6 is 0 Å². The summed E-state index contributed by atoms with van der Waals surface area (Å²) >= 11 is 0. The second kappa shape index (κ2) is 10.5. The number of aromatic nitrogens is 2. The van der Waals surface area contributed by atoms with Gasteiger partial charge in [0.15, 0.2) is 11.5 Å². The van der Waals surface area contributed by atoms with E-state index in [1.807, 2.05) is 9.80 Å². The number of hydroxylamine groups is 1. The first kappa shape index (κ1) is 24.7. The van der Waals surface area contributed by atoms with E-state index in [-0.39, 0.29) is 17.8 Å². The Morgan fingerprint density at radius 3 is 2.06 bits per heavy atom. The number of piperazine rings is 1. The molecule has 1 saturated heterocycles. The van der Waals surface area contributed by atoms with E-state index in [0.717, 1.165) is 5.56 Å². The summed E-state index contributed by atoms with van der Waals surface area (Å²) in [7, 11) is 4.56. The lowest BCUT2D eigenvalue weighted by Gasteiger charge is -2.37. The van der Waals surface area contributed by atoms with Crippen LogP contribution in [0.4, 0.5) is 17.3 Å². The number of carbonyl (C=O) groups excluding carboxylic acids is 1. The van der Waals surface area contributed by atoms with Crippen molar-refractivity contribution in [3.05, 3.63) is 56.1 Å². The molecule has 1 amide bonds. The number of nitrogens with zero attached hydrogens (tertiary/aromatic N) is 4. The van der Waals surface area contributed by atoms with Gasteiger partial charge in [0.05, 0.1) is 26.9 Å². The molecule has 0 unspecified atom stereocenters. The largest absolute Gasteiger partial charge is 0.493 e. The number of carbonyl (C=O) groups is 1. The van der Waals surface area contributed by atoms with Gasteiger partial charge in [-0.3, -0.25) is 19.6 Å². The molecule has 0 radical (unpaired) electrons. The molecule has 1 aliphatic heterocycles. The fourth-order valence-electron chi connectivity index (χ4n) is 4.07. The van der Waals surface area contributed by atoms with Crippen LogP contribution in [0, 0.1) is 0 Å². The SMILES string of the molecule is COc1cc(CNc2c(N3CCN(c4ncc(C(=O)NO)cn4)CC3)c(=O)c2=O)cc(OC)c1OC. The molecule has 1 aliphatic rings. The average Bonchev–Trinajstić information content (AvgIpc) is 2.93. The minimum Gasteiger partial charge on any atom is -0.493 e. The smallest absolute Gasteiger partial charge is 0.277 e. The Morgan fingerprint density at radius 2 is 1.53 bits per heavy atom. The Labute approximate surface area is 205 Å². The third kappa shape index (κ3) is 4.60. The van der Waals surface area contributed by atoms with E-state index in [4.69, 9.17) is 19.4 Å². The summed E-state index contributed by atoms with van der Waals surface area (Å²) in [5.74, 6) is 1.17. The van der Waals surface area contributed by atoms with Crippen LogP contribution in [0.15, 0.2) is 34.1 Å². The number of ether oxygens (including phenoxy) is 3. The highest BCUT2D eigenvalue weighted by Gasteiger charge is 2.29. The van der Waals surface area contributed by atoms with E-state index in [0.29, 0.717) is 55.1 Å². The van der Waals surface area contributed by atoms with Crippen molar-refractivity contribution in [1.82, 2.24) is 15.4 Å². The summed E-state index contributed by atoms with van der Waals surface area (Å²) in [6.45, 7) is 2.25. The van der Waals surface area contributed by atoms with Crippen molar-refractivity contribution in [3.8, 4) is 17.2 Å². The van der Waals surface area contributed by atoms with Gasteiger partial charge in [-0.15, -0.1) is 0 Å². The minimum atomic E-state index is -0.696. The van der Waals surface area contributed by atoms with Gasteiger partial charge in [-0.25, -0.2) is 15.4 Å². The average molecular weight is 498 g/mol. The van der Waals surface area contributed by atoms with E-state index in [1.54, 1.807) is 12.1 Å². The van der Waals surface area contributed by atoms with Crippen molar-refractivity contribution in [2.75, 3.05) is 62.6 Å². The topological polar surface area (TPSA) is 155 Å². The third-order valence-electron chi connectivity index (χ3n) is 5.96. The standard InChI is InChI=1S/C23H26N6O7/c1-34-15-8-13(9-16(35-2)21(15)36-3)10-24-17-18(20(31)19(17)30)28-4-6-29(7-5-28)23-25-11-14(12-26-23)22(32)27-33/h8-9,11-12,24,33H,4-7,10H2,1-3H3,(H,27,32). The number of hydrogen-bond acceptors (Lipinski definition) is 12. The zero-order valence-electron chi connectivity index (χ0n) is 20.0. The molecular weight excluding hydrogens is 472 g/mol. The number of anilines is 3. The van der Waals surface area contributed by atoms with Crippen molar-refractivity contribution >= 4 is 23.2 Å². The zero-order valence-corrected chi connectivity index (χ0v) is 20.0. The highest BCUT2D eigenvalue weighted by molar-refractivity contribution is 5.92. The van der Waals surface area contributed by atoms with Crippen LogP contribution in [0.3, 0.4) is 0 Å². The molecule has 3 N–H and O–H groups in total. The molecule has 13 heteroatoms. The molecule has 0 saturated carbocycles. The summed E-state index contributed by atoms with van der Waals surface area (Å²) in [6, 6.07) is 3.54. The molecule has 1 fully saturated rings. The summed E-state index contributed by atoms with van der Waals surface area (Å²) in [5, 5.41) is 11.8. The first-order valence-corrected chi connectivity index (χ1v) is 11.0. The van der Waals surface area contributed by atoms with Crippen LogP contribution in [0.25, 0.3) is 0 Å². The molecule has 2 aromatic carbocycles. The fourth-order valence-corrected chi connectivity index (χ4v) is 4.07. The predicted molar refractivity (Wildman–Crippen MR) is 130 cm³/mol. The van der Waals surface area contributed by atoms with Gasteiger partial charge in [-0.2, -0.15) is 0 Å². The number of rotatable bonds is 9. The predicted octanol–water partition coefficient (Wildman–Crippen LogP) is 0.156. The Kier molecular flexibility index (Phi) is 7.20. The van der Waals surface area contributed by atoms with E-state index >= 15 is 0 Å². The third-order valence-corrected chi connectivity index (χ3v) is 5.96. The molecule has 0 aliphatic carbocycles. The van der Waals surface area contributed by atoms with Crippen molar-refractivity contribution < 1.29 is 24.2 Å². The van der Waals surface area contributed by atoms with Crippen LogP contribution in [-0.2, 0) is 6.54 Å². The number of methoxy groups -OCH3 is 3. The number of nitrogens with one attached hydrogen (secondary N) is 2. The zero-order chi connectivity index (χ0) is 25.8. The van der Waals surface area contributed by atoms with Gasteiger partial charge in [0.25, 0.3) is 16.8 Å². The van der Waals surface area contributed by atoms with Crippen molar-refractivity contribution in [2.45, 2.75) is 6.54 Å². The lowest BCUT2D eigenvalue weighted by Crippen LogP contribution is -2.52. The highest BCUT2D eigenvalue weighted by atomic mass is 16.5. The maximum Gasteiger partial charge on any atom is 0.277 e. The minimum absolute atomic E-state index is 0.131. The summed E-state index contributed by atoms with van der Waals surface area (Å²) in [6.07, 6.45) is 2.64. The molecule has 4 rings (SSSR count). The van der Waals surface area contributed by atoms with Gasteiger partial charge in [0, 0.05) is 45.1 Å². The monoisotopic (exact) mass is 498 g/mol. The maximum atomic E-state index is 12.4. The summed E-state index contributed by atoms with van der Waals surface area (Å²) < 4.78 is 16.1. The van der Waals surface area contributed by atoms with Crippen molar-refractivity contribution in [3.63, 3.8) is 0 Å². The van der Waals surface area contributed by atoms with Crippen molar-refractivity contribution in [2.24, 2.45) is 0 Å². The summed E-state index contributed by atoms with van der Waals surface area (Å²) in [4.78, 5) is 48.3. The fraction of sp³-hybridized carbons (Fsp3) is 0.348. The highest BCUT2D eigenvalue weighted by Crippen LogP contribution is 2.38. The number of amides is 1. The van der Waals surface area contributed by atoms with Gasteiger partial charge in [0.2, 0.25) is 11.7 Å². The van der Waals surface area contributed by atoms with E-state index in [9.17, 15) is 14.4 Å². The summed E-state index contributed by atoms with van der Waals surface area (Å²) in [5.41, 5.74) is 2.01. The molecule has 36 heavy (non-hydrogen) atoms. The van der Waals surface area contributed by atoms with Gasteiger partial charge >= 0.3 is 0 Å². The normalized spacial score (nSPS) is 13.4. The Hall–Kier alpha value is -4.39. The molecule has 0 spiro atoms.